The molecule has 0 aliphatic carbocycles. The minimum atomic E-state index is -0.479. The Morgan fingerprint density at radius 2 is 1.88 bits per heavy atom. The second-order valence-corrected chi connectivity index (χ2v) is 5.71. The standard InChI is InChI=1S/C20H18N2O2/c1-13-8-16(19-4-3-7-24-19)9-14(2)18(13)6-5-15-10-17(20(21)23)12-22-11-15/h3-12H,1-2H3,(H2,21,23)/b6-5+. The molecule has 2 N–H and O–H groups in total. The lowest BCUT2D eigenvalue weighted by Gasteiger charge is -2.08. The molecule has 0 fully saturated rings. The van der Waals surface area contributed by atoms with Crippen LogP contribution >= 0.6 is 0 Å². The Hall–Kier alpha value is -3.14. The summed E-state index contributed by atoms with van der Waals surface area (Å²) in [6, 6.07) is 9.76. The van der Waals surface area contributed by atoms with Crippen LogP contribution in [0, 0.1) is 13.8 Å². The zero-order valence-electron chi connectivity index (χ0n) is 13.6. The second-order valence-electron chi connectivity index (χ2n) is 5.71. The van der Waals surface area contributed by atoms with Crippen LogP contribution in [0.1, 0.15) is 32.6 Å². The second kappa shape index (κ2) is 6.54. The van der Waals surface area contributed by atoms with Gasteiger partial charge < -0.3 is 10.2 Å². The Morgan fingerprint density at radius 3 is 2.50 bits per heavy atom. The van der Waals surface area contributed by atoms with E-state index in [-0.39, 0.29) is 0 Å². The van der Waals surface area contributed by atoms with E-state index in [9.17, 15) is 4.79 Å². The highest BCUT2D eigenvalue weighted by Crippen LogP contribution is 2.26. The summed E-state index contributed by atoms with van der Waals surface area (Å²) >= 11 is 0. The van der Waals surface area contributed by atoms with Gasteiger partial charge in [-0.15, -0.1) is 0 Å². The topological polar surface area (TPSA) is 69.1 Å². The molecule has 24 heavy (non-hydrogen) atoms. The fourth-order valence-electron chi connectivity index (χ4n) is 2.69. The largest absolute Gasteiger partial charge is 0.464 e. The number of amides is 1. The van der Waals surface area contributed by atoms with Crippen molar-refractivity contribution in [3.63, 3.8) is 0 Å². The number of primary amides is 1. The van der Waals surface area contributed by atoms with Crippen molar-refractivity contribution in [3.05, 3.63) is 76.8 Å². The lowest BCUT2D eigenvalue weighted by molar-refractivity contribution is 0.1000. The number of nitrogens with zero attached hydrogens (tertiary/aromatic N) is 1. The summed E-state index contributed by atoms with van der Waals surface area (Å²) in [5.74, 6) is 0.378. The Morgan fingerprint density at radius 1 is 1.12 bits per heavy atom. The summed E-state index contributed by atoms with van der Waals surface area (Å²) in [4.78, 5) is 15.3. The average Bonchev–Trinajstić information content (AvgIpc) is 3.08. The Bertz CT molecular complexity index is 886. The minimum Gasteiger partial charge on any atom is -0.464 e. The van der Waals surface area contributed by atoms with Gasteiger partial charge in [-0.3, -0.25) is 9.78 Å². The maximum atomic E-state index is 11.2. The average molecular weight is 318 g/mol. The van der Waals surface area contributed by atoms with Crippen molar-refractivity contribution in [1.82, 2.24) is 4.98 Å². The van der Waals surface area contributed by atoms with E-state index >= 15 is 0 Å². The Labute approximate surface area is 140 Å². The Balaban J connectivity index is 1.93. The number of carbonyl (C=O) groups excluding carboxylic acids is 1. The van der Waals surface area contributed by atoms with Gasteiger partial charge in [0.05, 0.1) is 11.8 Å². The lowest BCUT2D eigenvalue weighted by Crippen LogP contribution is -2.11. The van der Waals surface area contributed by atoms with Crippen LogP contribution in [-0.4, -0.2) is 10.9 Å². The molecule has 0 atom stereocenters. The van der Waals surface area contributed by atoms with Crippen molar-refractivity contribution in [3.8, 4) is 11.3 Å². The smallest absolute Gasteiger partial charge is 0.250 e. The van der Waals surface area contributed by atoms with Crippen LogP contribution in [0.4, 0.5) is 0 Å². The number of nitrogens with two attached hydrogens (primary N) is 1. The van der Waals surface area contributed by atoms with Gasteiger partial charge in [-0.25, -0.2) is 0 Å². The van der Waals surface area contributed by atoms with E-state index in [4.69, 9.17) is 10.2 Å². The molecule has 0 radical (unpaired) electrons. The van der Waals surface area contributed by atoms with E-state index in [0.29, 0.717) is 5.56 Å². The quantitative estimate of drug-likeness (QED) is 0.782. The maximum Gasteiger partial charge on any atom is 0.250 e. The van der Waals surface area contributed by atoms with Crippen molar-refractivity contribution < 1.29 is 9.21 Å². The highest BCUT2D eigenvalue weighted by Gasteiger charge is 2.07. The van der Waals surface area contributed by atoms with Crippen LogP contribution in [0.5, 0.6) is 0 Å². The monoisotopic (exact) mass is 318 g/mol. The summed E-state index contributed by atoms with van der Waals surface area (Å²) in [6.45, 7) is 4.13. The first-order chi connectivity index (χ1) is 11.5. The van der Waals surface area contributed by atoms with Crippen LogP contribution in [0.25, 0.3) is 23.5 Å². The fraction of sp³-hybridized carbons (Fsp3) is 0.100. The van der Waals surface area contributed by atoms with Gasteiger partial charge in [0, 0.05) is 18.0 Å². The molecule has 1 aromatic carbocycles. The summed E-state index contributed by atoms with van der Waals surface area (Å²) in [6.07, 6.45) is 8.80. The summed E-state index contributed by atoms with van der Waals surface area (Å²) in [7, 11) is 0. The van der Waals surface area contributed by atoms with E-state index in [1.54, 1.807) is 18.5 Å². The molecule has 120 valence electrons. The first-order valence-electron chi connectivity index (χ1n) is 7.62. The van der Waals surface area contributed by atoms with Crippen LogP contribution in [0.15, 0.2) is 53.4 Å². The molecule has 4 heteroatoms. The SMILES string of the molecule is Cc1cc(-c2ccco2)cc(C)c1/C=C/c1cncc(C(N)=O)c1. The molecule has 0 aliphatic rings. The van der Waals surface area contributed by atoms with E-state index in [1.807, 2.05) is 24.3 Å². The molecule has 0 aliphatic heterocycles. The number of benzene rings is 1. The third kappa shape index (κ3) is 3.27. The normalized spacial score (nSPS) is 11.1. The van der Waals surface area contributed by atoms with Crippen molar-refractivity contribution in [2.75, 3.05) is 0 Å². The van der Waals surface area contributed by atoms with Gasteiger partial charge in [0.25, 0.3) is 0 Å². The van der Waals surface area contributed by atoms with Gasteiger partial charge in [-0.05, 0) is 66.4 Å². The first-order valence-corrected chi connectivity index (χ1v) is 7.62. The minimum absolute atomic E-state index is 0.402. The van der Waals surface area contributed by atoms with Gasteiger partial charge in [0.1, 0.15) is 5.76 Å². The van der Waals surface area contributed by atoms with Crippen molar-refractivity contribution in [2.24, 2.45) is 5.73 Å². The molecular weight excluding hydrogens is 300 g/mol. The maximum absolute atomic E-state index is 11.2. The molecule has 2 heterocycles. The third-order valence-corrected chi connectivity index (χ3v) is 3.89. The zero-order valence-corrected chi connectivity index (χ0v) is 13.6. The lowest BCUT2D eigenvalue weighted by atomic mass is 9.97. The van der Waals surface area contributed by atoms with Crippen molar-refractivity contribution >= 4 is 18.1 Å². The highest BCUT2D eigenvalue weighted by molar-refractivity contribution is 5.93. The van der Waals surface area contributed by atoms with Crippen LogP contribution in [-0.2, 0) is 0 Å². The van der Waals surface area contributed by atoms with Crippen LogP contribution < -0.4 is 5.73 Å². The van der Waals surface area contributed by atoms with Gasteiger partial charge in [-0.1, -0.05) is 12.2 Å². The molecule has 3 aromatic rings. The number of rotatable bonds is 4. The summed E-state index contributed by atoms with van der Waals surface area (Å²) in [5, 5.41) is 0. The molecule has 0 bridgehead atoms. The third-order valence-electron chi connectivity index (χ3n) is 3.89. The number of carbonyl (C=O) groups is 1. The number of pyridine rings is 1. The molecule has 0 saturated heterocycles. The molecule has 2 aromatic heterocycles. The molecule has 0 spiro atoms. The number of aryl methyl sites for hydroxylation is 2. The van der Waals surface area contributed by atoms with E-state index in [0.717, 1.165) is 33.6 Å². The molecule has 3 rings (SSSR count). The van der Waals surface area contributed by atoms with E-state index in [2.05, 4.69) is 31.0 Å². The predicted molar refractivity (Wildman–Crippen MR) is 95.3 cm³/mol. The number of furan rings is 1. The predicted octanol–water partition coefficient (Wildman–Crippen LogP) is 4.23. The molecule has 0 saturated carbocycles. The van der Waals surface area contributed by atoms with Crippen molar-refractivity contribution in [1.29, 1.82) is 0 Å². The van der Waals surface area contributed by atoms with Crippen LogP contribution in [0.2, 0.25) is 0 Å². The molecule has 1 amide bonds. The number of hydrogen-bond acceptors (Lipinski definition) is 3. The van der Waals surface area contributed by atoms with Gasteiger partial charge >= 0.3 is 0 Å². The summed E-state index contributed by atoms with van der Waals surface area (Å²) in [5.41, 5.74) is 11.0. The van der Waals surface area contributed by atoms with Gasteiger partial charge in [0.15, 0.2) is 0 Å². The zero-order chi connectivity index (χ0) is 17.1. The highest BCUT2D eigenvalue weighted by atomic mass is 16.3. The van der Waals surface area contributed by atoms with E-state index in [1.165, 1.54) is 6.20 Å². The van der Waals surface area contributed by atoms with Gasteiger partial charge in [-0.2, -0.15) is 0 Å². The van der Waals surface area contributed by atoms with Gasteiger partial charge in [0.2, 0.25) is 5.91 Å². The molecule has 0 unspecified atom stereocenters. The molecular formula is C20H18N2O2. The number of hydrogen-bond donors (Lipinski definition) is 1. The Kier molecular flexibility index (Phi) is 4.29. The first kappa shape index (κ1) is 15.7. The van der Waals surface area contributed by atoms with Crippen molar-refractivity contribution in [2.45, 2.75) is 13.8 Å². The molecule has 4 nitrogen and oxygen atoms in total. The van der Waals surface area contributed by atoms with Crippen LogP contribution in [0.3, 0.4) is 0 Å². The van der Waals surface area contributed by atoms with E-state index < -0.39 is 5.91 Å². The number of aromatic nitrogens is 1. The summed E-state index contributed by atoms with van der Waals surface area (Å²) < 4.78 is 5.46. The fourth-order valence-corrected chi connectivity index (χ4v) is 2.69.